The van der Waals surface area contributed by atoms with Gasteiger partial charge in [0.1, 0.15) is 16.8 Å². The number of pyridine rings is 1. The van der Waals surface area contributed by atoms with Crippen LogP contribution in [-0.4, -0.2) is 33.0 Å². The minimum atomic E-state index is -1.12. The van der Waals surface area contributed by atoms with Crippen LogP contribution in [0.4, 0.5) is 17.2 Å². The predicted octanol–water partition coefficient (Wildman–Crippen LogP) is 1.29. The number of hydrogen-bond acceptors (Lipinski definition) is 6. The normalized spacial score (nSPS) is 10.8. The maximum absolute atomic E-state index is 12.3. The zero-order chi connectivity index (χ0) is 17.4. The minimum Gasteiger partial charge on any atom is -0.494 e. The van der Waals surface area contributed by atoms with Crippen molar-refractivity contribution in [3.63, 3.8) is 0 Å². The highest BCUT2D eigenvalue weighted by Gasteiger charge is 2.17. The third-order valence-electron chi connectivity index (χ3n) is 3.55. The number of aromatic nitrogens is 3. The van der Waals surface area contributed by atoms with E-state index >= 15 is 0 Å². The Kier molecular flexibility index (Phi) is 3.60. The summed E-state index contributed by atoms with van der Waals surface area (Å²) in [5.41, 5.74) is 6.63. The van der Waals surface area contributed by atoms with Crippen molar-refractivity contribution in [1.82, 2.24) is 14.8 Å². The van der Waals surface area contributed by atoms with Gasteiger partial charge in [0.25, 0.3) is 5.56 Å². The SMILES string of the molecule is COc1c(Nc2cc(N)nc3[nH]n(C)c(=O)c23)cccc1C(=O)O. The third kappa shape index (κ3) is 2.41. The molecule has 1 aromatic carbocycles. The van der Waals surface area contributed by atoms with Gasteiger partial charge in [-0.3, -0.25) is 14.6 Å². The smallest absolute Gasteiger partial charge is 0.339 e. The van der Waals surface area contributed by atoms with E-state index in [2.05, 4.69) is 15.4 Å². The van der Waals surface area contributed by atoms with Crippen molar-refractivity contribution < 1.29 is 14.6 Å². The Morgan fingerprint density at radius 3 is 2.83 bits per heavy atom. The highest BCUT2D eigenvalue weighted by Crippen LogP contribution is 2.33. The minimum absolute atomic E-state index is 0.00254. The van der Waals surface area contributed by atoms with Crippen LogP contribution in [0.15, 0.2) is 29.1 Å². The number of para-hydroxylation sites is 1. The topological polar surface area (TPSA) is 135 Å². The Bertz CT molecular complexity index is 1010. The maximum Gasteiger partial charge on any atom is 0.339 e. The van der Waals surface area contributed by atoms with Gasteiger partial charge in [-0.2, -0.15) is 0 Å². The highest BCUT2D eigenvalue weighted by atomic mass is 16.5. The molecule has 0 amide bonds. The molecule has 9 nitrogen and oxygen atoms in total. The van der Waals surface area contributed by atoms with E-state index in [1.807, 2.05) is 0 Å². The number of carboxylic acid groups (broad SMARTS) is 1. The maximum atomic E-state index is 12.3. The van der Waals surface area contributed by atoms with Crippen molar-refractivity contribution >= 4 is 34.2 Å². The second kappa shape index (κ2) is 5.61. The molecule has 0 radical (unpaired) electrons. The summed E-state index contributed by atoms with van der Waals surface area (Å²) in [6.45, 7) is 0. The van der Waals surface area contributed by atoms with Crippen LogP contribution in [0, 0.1) is 0 Å². The summed E-state index contributed by atoms with van der Waals surface area (Å²) in [5, 5.41) is 15.4. The average molecular weight is 329 g/mol. The Balaban J connectivity index is 2.19. The fourth-order valence-electron chi connectivity index (χ4n) is 2.51. The Morgan fingerprint density at radius 2 is 2.17 bits per heavy atom. The first-order chi connectivity index (χ1) is 11.4. The number of ether oxygens (including phenoxy) is 1. The molecule has 0 saturated carbocycles. The van der Waals surface area contributed by atoms with Crippen molar-refractivity contribution in [2.75, 3.05) is 18.2 Å². The quantitative estimate of drug-likeness (QED) is 0.566. The number of nitrogens with zero attached hydrogens (tertiary/aromatic N) is 2. The summed E-state index contributed by atoms with van der Waals surface area (Å²) in [4.78, 5) is 27.7. The number of nitrogens with two attached hydrogens (primary N) is 1. The van der Waals surface area contributed by atoms with Gasteiger partial charge in [-0.05, 0) is 12.1 Å². The number of methoxy groups -OCH3 is 1. The number of H-pyrrole nitrogens is 1. The molecule has 2 heterocycles. The molecule has 24 heavy (non-hydrogen) atoms. The number of rotatable bonds is 4. The van der Waals surface area contributed by atoms with E-state index in [1.165, 1.54) is 23.9 Å². The number of nitrogen functional groups attached to an aromatic ring is 1. The molecule has 9 heteroatoms. The number of carbonyl (C=O) groups is 1. The van der Waals surface area contributed by atoms with Gasteiger partial charge in [-0.15, -0.1) is 0 Å². The van der Waals surface area contributed by atoms with Crippen molar-refractivity contribution in [1.29, 1.82) is 0 Å². The molecule has 0 atom stereocenters. The largest absolute Gasteiger partial charge is 0.494 e. The first-order valence-electron chi connectivity index (χ1n) is 6.95. The first kappa shape index (κ1) is 15.4. The lowest BCUT2D eigenvalue weighted by atomic mass is 10.1. The molecule has 3 aromatic rings. The van der Waals surface area contributed by atoms with Crippen LogP contribution in [0.25, 0.3) is 11.0 Å². The van der Waals surface area contributed by atoms with Crippen molar-refractivity contribution in [2.45, 2.75) is 0 Å². The molecule has 0 aliphatic rings. The summed E-state index contributed by atoms with van der Waals surface area (Å²) in [5.74, 6) is -0.756. The van der Waals surface area contributed by atoms with E-state index in [-0.39, 0.29) is 22.7 Å². The number of benzene rings is 1. The molecule has 2 aromatic heterocycles. The van der Waals surface area contributed by atoms with Gasteiger partial charge >= 0.3 is 5.97 Å². The van der Waals surface area contributed by atoms with E-state index < -0.39 is 5.97 Å². The molecule has 3 rings (SSSR count). The zero-order valence-corrected chi connectivity index (χ0v) is 13.0. The van der Waals surface area contributed by atoms with Crippen LogP contribution in [0.3, 0.4) is 0 Å². The Labute approximate surface area is 135 Å². The van der Waals surface area contributed by atoms with Crippen molar-refractivity contribution in [3.05, 3.63) is 40.2 Å². The summed E-state index contributed by atoms with van der Waals surface area (Å²) < 4.78 is 6.49. The molecule has 0 aliphatic carbocycles. The number of aromatic carboxylic acids is 1. The molecular weight excluding hydrogens is 314 g/mol. The average Bonchev–Trinajstić information content (AvgIpc) is 2.81. The van der Waals surface area contributed by atoms with Crippen LogP contribution in [0.5, 0.6) is 5.75 Å². The molecule has 124 valence electrons. The van der Waals surface area contributed by atoms with Crippen LogP contribution in [-0.2, 0) is 7.05 Å². The number of hydrogen-bond donors (Lipinski definition) is 4. The van der Waals surface area contributed by atoms with Gasteiger partial charge in [0, 0.05) is 13.1 Å². The van der Waals surface area contributed by atoms with Crippen molar-refractivity contribution in [2.24, 2.45) is 7.05 Å². The van der Waals surface area contributed by atoms with E-state index in [9.17, 15) is 14.7 Å². The summed E-state index contributed by atoms with van der Waals surface area (Å²) in [6.07, 6.45) is 0. The van der Waals surface area contributed by atoms with Crippen LogP contribution < -0.4 is 21.3 Å². The van der Waals surface area contributed by atoms with Crippen molar-refractivity contribution in [3.8, 4) is 5.75 Å². The van der Waals surface area contributed by atoms with E-state index in [0.717, 1.165) is 0 Å². The number of carboxylic acids is 1. The lowest BCUT2D eigenvalue weighted by Gasteiger charge is -2.13. The molecule has 0 saturated heterocycles. The predicted molar refractivity (Wildman–Crippen MR) is 89.0 cm³/mol. The van der Waals surface area contributed by atoms with Gasteiger partial charge in [0.15, 0.2) is 11.4 Å². The number of aryl methyl sites for hydroxylation is 1. The first-order valence-corrected chi connectivity index (χ1v) is 6.95. The lowest BCUT2D eigenvalue weighted by Crippen LogP contribution is -2.12. The molecule has 0 bridgehead atoms. The van der Waals surface area contributed by atoms with Gasteiger partial charge in [0.2, 0.25) is 0 Å². The number of fused-ring (bicyclic) bond motifs is 1. The third-order valence-corrected chi connectivity index (χ3v) is 3.55. The van der Waals surface area contributed by atoms with E-state index in [4.69, 9.17) is 10.5 Å². The van der Waals surface area contributed by atoms with E-state index in [1.54, 1.807) is 19.2 Å². The molecule has 0 unspecified atom stereocenters. The van der Waals surface area contributed by atoms with Gasteiger partial charge in [0.05, 0.1) is 18.5 Å². The second-order valence-electron chi connectivity index (χ2n) is 5.11. The monoisotopic (exact) mass is 329 g/mol. The molecule has 0 aliphatic heterocycles. The van der Waals surface area contributed by atoms with Gasteiger partial charge < -0.3 is 20.9 Å². The Morgan fingerprint density at radius 1 is 1.42 bits per heavy atom. The van der Waals surface area contributed by atoms with Crippen LogP contribution in [0.2, 0.25) is 0 Å². The molecule has 0 spiro atoms. The second-order valence-corrected chi connectivity index (χ2v) is 5.11. The summed E-state index contributed by atoms with van der Waals surface area (Å²) in [6, 6.07) is 6.15. The highest BCUT2D eigenvalue weighted by molar-refractivity contribution is 5.96. The lowest BCUT2D eigenvalue weighted by molar-refractivity contribution is 0.0693. The standard InChI is InChI=1S/C15H15N5O4/c1-20-14(21)11-9(6-10(16)18-13(11)19-20)17-8-5-3-4-7(15(22)23)12(8)24-2/h3-6H,1-2H3,(H,22,23)(H4,16,17,18,19). The zero-order valence-electron chi connectivity index (χ0n) is 13.0. The number of nitrogens with one attached hydrogen (secondary N) is 2. The summed E-state index contributed by atoms with van der Waals surface area (Å²) in [7, 11) is 2.94. The number of aromatic amines is 1. The molecular formula is C15H15N5O4. The van der Waals surface area contributed by atoms with Gasteiger partial charge in [-0.1, -0.05) is 6.07 Å². The van der Waals surface area contributed by atoms with Crippen LogP contribution in [0.1, 0.15) is 10.4 Å². The number of anilines is 3. The van der Waals surface area contributed by atoms with Crippen LogP contribution >= 0.6 is 0 Å². The fourth-order valence-corrected chi connectivity index (χ4v) is 2.51. The molecule has 0 fully saturated rings. The molecule has 5 N–H and O–H groups in total. The Hall–Kier alpha value is -3.49. The van der Waals surface area contributed by atoms with E-state index in [0.29, 0.717) is 22.4 Å². The van der Waals surface area contributed by atoms with Gasteiger partial charge in [-0.25, -0.2) is 9.78 Å². The fraction of sp³-hybridized carbons (Fsp3) is 0.133. The summed E-state index contributed by atoms with van der Waals surface area (Å²) >= 11 is 0.